The molecule has 0 aliphatic carbocycles. The van der Waals surface area contributed by atoms with E-state index in [0.29, 0.717) is 29.6 Å². The normalized spacial score (nSPS) is 11.5. The molecular weight excluding hydrogens is 430 g/mol. The first kappa shape index (κ1) is 26.6. The van der Waals surface area contributed by atoms with E-state index in [2.05, 4.69) is 27.4 Å². The Morgan fingerprint density at radius 2 is 1.66 bits per heavy atom. The Bertz CT molecular complexity index is 777. The first-order valence-electron chi connectivity index (χ1n) is 12.2. The third-order valence-electron chi connectivity index (χ3n) is 5.42. The highest BCUT2D eigenvalue weighted by atomic mass is 35.5. The summed E-state index contributed by atoms with van der Waals surface area (Å²) in [6.07, 6.45) is 15.5. The van der Waals surface area contributed by atoms with E-state index < -0.39 is 0 Å². The maximum absolute atomic E-state index is 11.7. The molecule has 0 aliphatic rings. The molecule has 8 nitrogen and oxygen atoms in total. The van der Waals surface area contributed by atoms with Crippen molar-refractivity contribution in [2.45, 2.75) is 97.4 Å². The minimum absolute atomic E-state index is 0.0618. The monoisotopic (exact) mass is 469 g/mol. The lowest BCUT2D eigenvalue weighted by Gasteiger charge is -2.06. The van der Waals surface area contributed by atoms with Crippen LogP contribution >= 0.6 is 11.6 Å². The number of carbonyl (C=O) groups excluding carboxylic acids is 1. The fraction of sp³-hybridized carbons (Fsp3) is 0.783. The smallest absolute Gasteiger partial charge is 0.332 e. The van der Waals surface area contributed by atoms with Crippen LogP contribution in [0.4, 0.5) is 0 Å². The Hall–Kier alpha value is -1.64. The molecule has 0 radical (unpaired) electrons. The molecule has 182 valence electrons. The van der Waals surface area contributed by atoms with Crippen LogP contribution in [-0.4, -0.2) is 45.7 Å². The average molecular weight is 470 g/mol. The lowest BCUT2D eigenvalue weighted by Crippen LogP contribution is -2.22. The number of ether oxygens (including phenoxy) is 2. The Morgan fingerprint density at radius 3 is 2.28 bits per heavy atom. The van der Waals surface area contributed by atoms with Gasteiger partial charge < -0.3 is 9.47 Å². The van der Waals surface area contributed by atoms with Crippen LogP contribution in [0.15, 0.2) is 0 Å². The van der Waals surface area contributed by atoms with Gasteiger partial charge in [0.1, 0.15) is 11.6 Å². The summed E-state index contributed by atoms with van der Waals surface area (Å²) in [5.74, 6) is 0.266. The van der Waals surface area contributed by atoms with Gasteiger partial charge in [0.05, 0.1) is 25.6 Å². The molecule has 2 rings (SSSR count). The molecule has 0 saturated heterocycles. The summed E-state index contributed by atoms with van der Waals surface area (Å²) < 4.78 is 12.1. The Labute approximate surface area is 196 Å². The van der Waals surface area contributed by atoms with Crippen LogP contribution < -0.4 is 5.32 Å². The molecule has 0 fully saturated rings. The lowest BCUT2D eigenvalue weighted by atomic mass is 10.1. The molecular formula is C23H40ClN5O3. The van der Waals surface area contributed by atoms with Crippen LogP contribution in [0.25, 0.3) is 5.65 Å². The summed E-state index contributed by atoms with van der Waals surface area (Å²) in [4.78, 5) is 16.1. The van der Waals surface area contributed by atoms with Gasteiger partial charge in [0.25, 0.3) is 0 Å². The number of carbonyl (C=O) groups is 1. The quantitative estimate of drug-likeness (QED) is 0.164. The van der Waals surface area contributed by atoms with Gasteiger partial charge >= 0.3 is 5.97 Å². The predicted octanol–water partition coefficient (Wildman–Crippen LogP) is 5.33. The van der Waals surface area contributed by atoms with E-state index in [4.69, 9.17) is 21.1 Å². The van der Waals surface area contributed by atoms with Crippen LogP contribution in [0.1, 0.15) is 95.5 Å². The van der Waals surface area contributed by atoms with Gasteiger partial charge in [0, 0.05) is 0 Å². The minimum atomic E-state index is -0.328. The molecule has 0 spiro atoms. The molecule has 0 saturated carbocycles. The second kappa shape index (κ2) is 16.0. The SMILES string of the molecule is CCCCCCCCCCCCCCOC(=O)COCNCc1nc2c(Cl)c(C)[nH]n2n1. The number of nitrogens with one attached hydrogen (secondary N) is 2. The Kier molecular flexibility index (Phi) is 13.3. The molecule has 0 atom stereocenters. The Morgan fingerprint density at radius 1 is 1.03 bits per heavy atom. The minimum Gasteiger partial charge on any atom is -0.464 e. The van der Waals surface area contributed by atoms with Gasteiger partial charge in [-0.2, -0.15) is 4.63 Å². The average Bonchev–Trinajstić information content (AvgIpc) is 3.29. The number of nitrogens with zero attached hydrogens (tertiary/aromatic N) is 3. The largest absolute Gasteiger partial charge is 0.464 e. The lowest BCUT2D eigenvalue weighted by molar-refractivity contribution is -0.149. The van der Waals surface area contributed by atoms with Gasteiger partial charge in [-0.3, -0.25) is 10.4 Å². The number of fused-ring (bicyclic) bond motifs is 1. The van der Waals surface area contributed by atoms with Crippen molar-refractivity contribution in [1.29, 1.82) is 0 Å². The number of H-pyrrole nitrogens is 1. The number of unbranched alkanes of at least 4 members (excludes halogenated alkanes) is 11. The van der Waals surface area contributed by atoms with E-state index in [1.165, 1.54) is 64.2 Å². The molecule has 0 unspecified atom stereocenters. The zero-order valence-electron chi connectivity index (χ0n) is 19.8. The summed E-state index contributed by atoms with van der Waals surface area (Å²) in [7, 11) is 0. The first-order valence-corrected chi connectivity index (χ1v) is 12.5. The second-order valence-corrected chi connectivity index (χ2v) is 8.72. The van der Waals surface area contributed by atoms with E-state index in [1.807, 2.05) is 6.92 Å². The summed E-state index contributed by atoms with van der Waals surface area (Å²) in [6.45, 7) is 5.16. The van der Waals surface area contributed by atoms with Crippen LogP contribution in [0.2, 0.25) is 5.02 Å². The fourth-order valence-corrected chi connectivity index (χ4v) is 3.73. The highest BCUT2D eigenvalue weighted by Gasteiger charge is 2.11. The summed E-state index contributed by atoms with van der Waals surface area (Å²) in [5.41, 5.74) is 1.43. The van der Waals surface area contributed by atoms with E-state index in [1.54, 1.807) is 4.63 Å². The molecule has 2 heterocycles. The van der Waals surface area contributed by atoms with Crippen molar-refractivity contribution >= 4 is 23.2 Å². The Balaban J connectivity index is 1.35. The molecule has 2 aromatic rings. The van der Waals surface area contributed by atoms with E-state index in [0.717, 1.165) is 18.5 Å². The van der Waals surface area contributed by atoms with E-state index >= 15 is 0 Å². The molecule has 0 amide bonds. The van der Waals surface area contributed by atoms with E-state index in [9.17, 15) is 4.79 Å². The van der Waals surface area contributed by atoms with Gasteiger partial charge in [-0.15, -0.1) is 5.10 Å². The van der Waals surface area contributed by atoms with Crippen LogP contribution in [0.5, 0.6) is 0 Å². The standard InChI is InChI=1S/C23H40ClN5O3/c1-3-4-5-6-7-8-9-10-11-12-13-14-15-32-21(30)17-31-18-25-16-20-26-23-22(24)19(2)27-29(23)28-20/h25,27H,3-18H2,1-2H3. The van der Waals surface area contributed by atoms with Crippen molar-refractivity contribution < 1.29 is 14.3 Å². The summed E-state index contributed by atoms with van der Waals surface area (Å²) in [5, 5.41) is 10.9. The van der Waals surface area contributed by atoms with Crippen molar-refractivity contribution in [1.82, 2.24) is 25.1 Å². The highest BCUT2D eigenvalue weighted by molar-refractivity contribution is 6.34. The molecule has 0 aliphatic heterocycles. The summed E-state index contributed by atoms with van der Waals surface area (Å²) in [6, 6.07) is 0. The van der Waals surface area contributed by atoms with Crippen LogP contribution in [0.3, 0.4) is 0 Å². The molecule has 32 heavy (non-hydrogen) atoms. The molecule has 0 bridgehead atoms. The van der Waals surface area contributed by atoms with E-state index in [-0.39, 0.29) is 19.3 Å². The molecule has 2 N–H and O–H groups in total. The molecule has 0 aromatic carbocycles. The number of aromatic amines is 1. The number of aryl methyl sites for hydroxylation is 1. The van der Waals surface area contributed by atoms with Crippen molar-refractivity contribution in [3.8, 4) is 0 Å². The van der Waals surface area contributed by atoms with Crippen molar-refractivity contribution in [3.05, 3.63) is 16.5 Å². The number of esters is 1. The number of hydrogen-bond acceptors (Lipinski definition) is 6. The summed E-state index contributed by atoms with van der Waals surface area (Å²) >= 11 is 6.14. The molecule has 9 heteroatoms. The number of halogens is 1. The van der Waals surface area contributed by atoms with Gasteiger partial charge in [-0.05, 0) is 13.3 Å². The third kappa shape index (κ3) is 10.3. The molecule has 2 aromatic heterocycles. The van der Waals surface area contributed by atoms with Gasteiger partial charge in [-0.1, -0.05) is 89.2 Å². The highest BCUT2D eigenvalue weighted by Crippen LogP contribution is 2.18. The predicted molar refractivity (Wildman–Crippen MR) is 127 cm³/mol. The van der Waals surface area contributed by atoms with Gasteiger partial charge in [0.2, 0.25) is 0 Å². The fourth-order valence-electron chi connectivity index (χ4n) is 3.57. The second-order valence-electron chi connectivity index (χ2n) is 8.34. The van der Waals surface area contributed by atoms with Gasteiger partial charge in [0.15, 0.2) is 11.5 Å². The number of aromatic nitrogens is 4. The zero-order chi connectivity index (χ0) is 23.0. The number of rotatable bonds is 19. The van der Waals surface area contributed by atoms with Gasteiger partial charge in [-0.25, -0.2) is 9.78 Å². The number of hydrogen-bond donors (Lipinski definition) is 2. The topological polar surface area (TPSA) is 93.5 Å². The third-order valence-corrected chi connectivity index (χ3v) is 5.87. The maximum Gasteiger partial charge on any atom is 0.332 e. The van der Waals surface area contributed by atoms with Crippen molar-refractivity contribution in [2.24, 2.45) is 0 Å². The maximum atomic E-state index is 11.7. The first-order chi connectivity index (χ1) is 15.6. The zero-order valence-corrected chi connectivity index (χ0v) is 20.5. The van der Waals surface area contributed by atoms with Crippen molar-refractivity contribution in [2.75, 3.05) is 19.9 Å². The van der Waals surface area contributed by atoms with Crippen molar-refractivity contribution in [3.63, 3.8) is 0 Å². The van der Waals surface area contributed by atoms with Crippen LogP contribution in [-0.2, 0) is 20.8 Å². The van der Waals surface area contributed by atoms with Crippen LogP contribution in [0, 0.1) is 6.92 Å².